The number of amides is 2. The molecule has 5 heteroatoms. The molecule has 0 radical (unpaired) electrons. The number of aryl methyl sites for hydroxylation is 1. The summed E-state index contributed by atoms with van der Waals surface area (Å²) in [7, 11) is 0. The minimum Gasteiger partial charge on any atom is -0.322 e. The summed E-state index contributed by atoms with van der Waals surface area (Å²) in [6, 6.07) is 14.2. The normalized spacial score (nSPS) is 11.1. The highest BCUT2D eigenvalue weighted by molar-refractivity contribution is 6.05. The lowest BCUT2D eigenvalue weighted by atomic mass is 10.1. The third-order valence-electron chi connectivity index (χ3n) is 4.29. The van der Waals surface area contributed by atoms with Crippen molar-refractivity contribution >= 4 is 23.2 Å². The van der Waals surface area contributed by atoms with Gasteiger partial charge >= 0.3 is 0 Å². The lowest BCUT2D eigenvalue weighted by Crippen LogP contribution is -2.19. The minimum absolute atomic E-state index is 0.169. The number of rotatable bonds is 8. The van der Waals surface area contributed by atoms with Crippen LogP contribution in [0.25, 0.3) is 0 Å². The zero-order chi connectivity index (χ0) is 19.6. The van der Waals surface area contributed by atoms with Gasteiger partial charge in [-0.15, -0.1) is 0 Å². The molecule has 142 valence electrons. The predicted molar refractivity (Wildman–Crippen MR) is 110 cm³/mol. The van der Waals surface area contributed by atoms with Crippen LogP contribution >= 0.6 is 0 Å². The Hall–Kier alpha value is -2.95. The third-order valence-corrected chi connectivity index (χ3v) is 4.29. The number of hydrogen-bond acceptors (Lipinski definition) is 3. The molecule has 5 nitrogen and oxygen atoms in total. The zero-order valence-electron chi connectivity index (χ0n) is 16.2. The van der Waals surface area contributed by atoms with Gasteiger partial charge in [-0.25, -0.2) is 5.43 Å². The van der Waals surface area contributed by atoms with Gasteiger partial charge in [0.1, 0.15) is 0 Å². The van der Waals surface area contributed by atoms with Crippen LogP contribution in [-0.2, 0) is 0 Å². The van der Waals surface area contributed by atoms with Crippen LogP contribution in [0.5, 0.6) is 0 Å². The van der Waals surface area contributed by atoms with Crippen molar-refractivity contribution in [2.24, 2.45) is 5.10 Å². The summed E-state index contributed by atoms with van der Waals surface area (Å²) in [5, 5.41) is 6.99. The number of unbranched alkanes of at least 4 members (excludes halogenated alkanes) is 2. The first kappa shape index (κ1) is 20.4. The number of carbonyl (C=O) groups is 2. The van der Waals surface area contributed by atoms with Crippen molar-refractivity contribution in [1.82, 2.24) is 5.43 Å². The van der Waals surface area contributed by atoms with Crippen molar-refractivity contribution in [1.29, 1.82) is 0 Å². The SMILES string of the molecule is CCCCC/C(C)=N/NC(=O)c1ccc(NC(=O)c2ccccc2C)cc1. The summed E-state index contributed by atoms with van der Waals surface area (Å²) in [5.74, 6) is -0.431. The molecule has 2 amide bonds. The van der Waals surface area contributed by atoms with Crippen LogP contribution < -0.4 is 10.7 Å². The number of nitrogens with zero attached hydrogens (tertiary/aromatic N) is 1. The van der Waals surface area contributed by atoms with Gasteiger partial charge in [-0.1, -0.05) is 38.0 Å². The molecule has 0 fully saturated rings. The zero-order valence-corrected chi connectivity index (χ0v) is 16.2. The summed E-state index contributed by atoms with van der Waals surface area (Å²) in [5.41, 5.74) is 6.18. The van der Waals surface area contributed by atoms with Gasteiger partial charge < -0.3 is 5.32 Å². The third kappa shape index (κ3) is 6.37. The average molecular weight is 365 g/mol. The second-order valence-electron chi connectivity index (χ2n) is 6.59. The molecular weight excluding hydrogens is 338 g/mol. The fourth-order valence-corrected chi connectivity index (χ4v) is 2.63. The maximum atomic E-state index is 12.3. The van der Waals surface area contributed by atoms with E-state index in [4.69, 9.17) is 0 Å². The lowest BCUT2D eigenvalue weighted by molar-refractivity contribution is 0.0954. The highest BCUT2D eigenvalue weighted by Crippen LogP contribution is 2.13. The van der Waals surface area contributed by atoms with E-state index in [2.05, 4.69) is 22.8 Å². The molecular formula is C22H27N3O2. The molecule has 0 aromatic heterocycles. The van der Waals surface area contributed by atoms with Gasteiger partial charge in [0.05, 0.1) is 0 Å². The maximum absolute atomic E-state index is 12.3. The summed E-state index contributed by atoms with van der Waals surface area (Å²) >= 11 is 0. The Bertz CT molecular complexity index is 811. The van der Waals surface area contributed by atoms with Gasteiger partial charge in [0.2, 0.25) is 0 Å². The van der Waals surface area contributed by atoms with E-state index in [0.717, 1.165) is 37.0 Å². The summed E-state index contributed by atoms with van der Waals surface area (Å²) < 4.78 is 0. The highest BCUT2D eigenvalue weighted by atomic mass is 16.2. The minimum atomic E-state index is -0.262. The number of carbonyl (C=O) groups excluding carboxylic acids is 2. The van der Waals surface area contributed by atoms with Crippen molar-refractivity contribution in [3.63, 3.8) is 0 Å². The molecule has 27 heavy (non-hydrogen) atoms. The standard InChI is InChI=1S/C22H27N3O2/c1-4-5-6-10-17(3)24-25-21(26)18-12-14-19(15-13-18)23-22(27)20-11-8-7-9-16(20)2/h7-9,11-15H,4-6,10H2,1-3H3,(H,23,27)(H,25,26)/b24-17+. The first-order chi connectivity index (χ1) is 13.0. The Morgan fingerprint density at radius 2 is 1.67 bits per heavy atom. The molecule has 2 rings (SSSR count). The molecule has 0 unspecified atom stereocenters. The van der Waals surface area contributed by atoms with Crippen molar-refractivity contribution in [3.05, 3.63) is 65.2 Å². The molecule has 0 aliphatic carbocycles. The lowest BCUT2D eigenvalue weighted by Gasteiger charge is -2.08. The number of nitrogens with one attached hydrogen (secondary N) is 2. The molecule has 0 aliphatic heterocycles. The topological polar surface area (TPSA) is 70.6 Å². The van der Waals surface area contributed by atoms with Crippen LogP contribution in [0.3, 0.4) is 0 Å². The van der Waals surface area contributed by atoms with Gasteiger partial charge in [0.15, 0.2) is 0 Å². The van der Waals surface area contributed by atoms with Gasteiger partial charge in [0.25, 0.3) is 11.8 Å². The van der Waals surface area contributed by atoms with E-state index in [1.54, 1.807) is 30.3 Å². The smallest absolute Gasteiger partial charge is 0.271 e. The predicted octanol–water partition coefficient (Wildman–Crippen LogP) is 4.93. The Balaban J connectivity index is 1.92. The summed E-state index contributed by atoms with van der Waals surface area (Å²) in [6.45, 7) is 5.97. The van der Waals surface area contributed by atoms with Crippen LogP contribution in [0.15, 0.2) is 53.6 Å². The van der Waals surface area contributed by atoms with E-state index in [1.165, 1.54) is 0 Å². The molecule has 0 bridgehead atoms. The van der Waals surface area contributed by atoms with Gasteiger partial charge in [-0.3, -0.25) is 9.59 Å². The Morgan fingerprint density at radius 3 is 2.33 bits per heavy atom. The Labute approximate surface area is 160 Å². The monoisotopic (exact) mass is 365 g/mol. The van der Waals surface area contributed by atoms with Crippen molar-refractivity contribution < 1.29 is 9.59 Å². The summed E-state index contributed by atoms with van der Waals surface area (Å²) in [6.07, 6.45) is 4.29. The van der Waals surface area contributed by atoms with E-state index in [0.29, 0.717) is 16.8 Å². The fraction of sp³-hybridized carbons (Fsp3) is 0.318. The van der Waals surface area contributed by atoms with Crippen LogP contribution in [0, 0.1) is 6.92 Å². The Kier molecular flexibility index (Phi) is 7.74. The second kappa shape index (κ2) is 10.3. The molecule has 2 aromatic carbocycles. The van der Waals surface area contributed by atoms with E-state index in [1.807, 2.05) is 32.0 Å². The van der Waals surface area contributed by atoms with E-state index in [9.17, 15) is 9.59 Å². The molecule has 0 atom stereocenters. The van der Waals surface area contributed by atoms with Crippen molar-refractivity contribution in [3.8, 4) is 0 Å². The van der Waals surface area contributed by atoms with Crippen LogP contribution in [0.4, 0.5) is 5.69 Å². The first-order valence-corrected chi connectivity index (χ1v) is 9.31. The van der Waals surface area contributed by atoms with E-state index >= 15 is 0 Å². The molecule has 0 saturated carbocycles. The number of hydrogen-bond donors (Lipinski definition) is 2. The molecule has 0 saturated heterocycles. The first-order valence-electron chi connectivity index (χ1n) is 9.31. The number of hydrazone groups is 1. The number of benzene rings is 2. The van der Waals surface area contributed by atoms with Gasteiger partial charge in [-0.05, 0) is 62.6 Å². The van der Waals surface area contributed by atoms with Crippen LogP contribution in [-0.4, -0.2) is 17.5 Å². The summed E-state index contributed by atoms with van der Waals surface area (Å²) in [4.78, 5) is 24.5. The molecule has 2 N–H and O–H groups in total. The van der Waals surface area contributed by atoms with Crippen LogP contribution in [0.1, 0.15) is 65.8 Å². The van der Waals surface area contributed by atoms with Crippen LogP contribution in [0.2, 0.25) is 0 Å². The van der Waals surface area contributed by atoms with E-state index in [-0.39, 0.29) is 11.8 Å². The van der Waals surface area contributed by atoms with Gasteiger partial charge in [-0.2, -0.15) is 5.10 Å². The second-order valence-corrected chi connectivity index (χ2v) is 6.59. The molecule has 0 aliphatic rings. The average Bonchev–Trinajstić information content (AvgIpc) is 2.67. The fourth-order valence-electron chi connectivity index (χ4n) is 2.63. The number of anilines is 1. The van der Waals surface area contributed by atoms with Crippen molar-refractivity contribution in [2.75, 3.05) is 5.32 Å². The highest BCUT2D eigenvalue weighted by Gasteiger charge is 2.09. The Morgan fingerprint density at radius 1 is 0.963 bits per heavy atom. The van der Waals surface area contributed by atoms with E-state index < -0.39 is 0 Å². The van der Waals surface area contributed by atoms with Gasteiger partial charge in [0, 0.05) is 22.5 Å². The molecule has 2 aromatic rings. The van der Waals surface area contributed by atoms with Crippen molar-refractivity contribution in [2.45, 2.75) is 46.5 Å². The molecule has 0 spiro atoms. The quantitative estimate of drug-likeness (QED) is 0.395. The maximum Gasteiger partial charge on any atom is 0.271 e. The largest absolute Gasteiger partial charge is 0.322 e. The molecule has 0 heterocycles.